The van der Waals surface area contributed by atoms with Crippen LogP contribution in [0.5, 0.6) is 0 Å². The fourth-order valence-electron chi connectivity index (χ4n) is 1.81. The van der Waals surface area contributed by atoms with Gasteiger partial charge in [0.2, 0.25) is 0 Å². The molecule has 17 heavy (non-hydrogen) atoms. The molecule has 0 saturated heterocycles. The quantitative estimate of drug-likeness (QED) is 0.792. The second-order valence-electron chi connectivity index (χ2n) is 4.59. The maximum atomic E-state index is 13.0. The Kier molecular flexibility index (Phi) is 6.16. The number of hydrogen-bond acceptors (Lipinski definition) is 2. The van der Waals surface area contributed by atoms with Gasteiger partial charge in [-0.15, -0.1) is 0 Å². The van der Waals surface area contributed by atoms with Crippen LogP contribution in [0.1, 0.15) is 38.3 Å². The molecule has 0 heterocycles. The van der Waals surface area contributed by atoms with Crippen LogP contribution in [0.2, 0.25) is 0 Å². The topological polar surface area (TPSA) is 35.2 Å². The molecule has 0 saturated carbocycles. The van der Waals surface area contributed by atoms with E-state index >= 15 is 0 Å². The Labute approximate surface area is 103 Å². The molecule has 96 valence electrons. The summed E-state index contributed by atoms with van der Waals surface area (Å²) in [6.45, 7) is 5.49. The highest BCUT2D eigenvalue weighted by Gasteiger charge is 2.08. The van der Waals surface area contributed by atoms with Crippen molar-refractivity contribution in [3.63, 3.8) is 0 Å². The van der Waals surface area contributed by atoms with E-state index in [-0.39, 0.29) is 11.9 Å². The van der Waals surface area contributed by atoms with Gasteiger partial charge in [0.1, 0.15) is 5.82 Å². The number of ether oxygens (including phenoxy) is 1. The fraction of sp³-hybridized carbons (Fsp3) is 0.571. The highest BCUT2D eigenvalue weighted by Crippen LogP contribution is 2.13. The predicted molar refractivity (Wildman–Crippen MR) is 68.2 cm³/mol. The van der Waals surface area contributed by atoms with E-state index in [2.05, 4.69) is 13.8 Å². The van der Waals surface area contributed by atoms with Crippen molar-refractivity contribution in [1.82, 2.24) is 0 Å². The number of halogens is 1. The van der Waals surface area contributed by atoms with Crippen molar-refractivity contribution in [3.05, 3.63) is 35.6 Å². The minimum absolute atomic E-state index is 0.250. The van der Waals surface area contributed by atoms with Crippen molar-refractivity contribution >= 4 is 0 Å². The molecule has 0 aliphatic rings. The molecule has 0 aromatic heterocycles. The Hall–Kier alpha value is -0.930. The molecule has 2 unspecified atom stereocenters. The zero-order valence-electron chi connectivity index (χ0n) is 10.7. The summed E-state index contributed by atoms with van der Waals surface area (Å²) >= 11 is 0. The maximum absolute atomic E-state index is 13.0. The van der Waals surface area contributed by atoms with Gasteiger partial charge in [-0.2, -0.15) is 0 Å². The van der Waals surface area contributed by atoms with Crippen LogP contribution in [0.4, 0.5) is 4.39 Å². The monoisotopic (exact) mass is 239 g/mol. The summed E-state index contributed by atoms with van der Waals surface area (Å²) in [5.74, 6) is 0.303. The third kappa shape index (κ3) is 5.29. The maximum Gasteiger partial charge on any atom is 0.123 e. The first-order valence-corrected chi connectivity index (χ1v) is 6.22. The zero-order valence-corrected chi connectivity index (χ0v) is 10.7. The summed E-state index contributed by atoms with van der Waals surface area (Å²) in [4.78, 5) is 0. The second kappa shape index (κ2) is 7.41. The summed E-state index contributed by atoms with van der Waals surface area (Å²) in [6, 6.07) is 6.13. The number of rotatable bonds is 7. The minimum atomic E-state index is -0.252. The van der Waals surface area contributed by atoms with Crippen molar-refractivity contribution in [1.29, 1.82) is 0 Å². The molecule has 0 aliphatic carbocycles. The first-order chi connectivity index (χ1) is 8.13. The van der Waals surface area contributed by atoms with Crippen molar-refractivity contribution in [2.24, 2.45) is 11.7 Å². The van der Waals surface area contributed by atoms with E-state index in [0.717, 1.165) is 18.6 Å². The van der Waals surface area contributed by atoms with Gasteiger partial charge in [0.15, 0.2) is 0 Å². The average molecular weight is 239 g/mol. The molecule has 0 fully saturated rings. The van der Waals surface area contributed by atoms with Crippen LogP contribution in [-0.2, 0) is 4.74 Å². The Balaban J connectivity index is 2.32. The predicted octanol–water partition coefficient (Wildman–Crippen LogP) is 3.28. The Morgan fingerprint density at radius 3 is 2.76 bits per heavy atom. The lowest BCUT2D eigenvalue weighted by Crippen LogP contribution is -2.19. The molecule has 0 radical (unpaired) electrons. The molecule has 0 bridgehead atoms. The molecule has 0 spiro atoms. The Morgan fingerprint density at radius 1 is 1.35 bits per heavy atom. The van der Waals surface area contributed by atoms with Gasteiger partial charge in [0.05, 0.1) is 12.6 Å². The largest absolute Gasteiger partial charge is 0.379 e. The van der Waals surface area contributed by atoms with E-state index in [1.54, 1.807) is 6.07 Å². The van der Waals surface area contributed by atoms with Gasteiger partial charge in [-0.3, -0.25) is 0 Å². The van der Waals surface area contributed by atoms with Gasteiger partial charge in [-0.1, -0.05) is 32.4 Å². The molecule has 2 nitrogen and oxygen atoms in total. The Bertz CT molecular complexity index is 330. The van der Waals surface area contributed by atoms with Crippen LogP contribution >= 0.6 is 0 Å². The summed E-state index contributed by atoms with van der Waals surface area (Å²) < 4.78 is 18.5. The van der Waals surface area contributed by atoms with Crippen LogP contribution in [0.3, 0.4) is 0 Å². The molecule has 2 atom stereocenters. The van der Waals surface area contributed by atoms with E-state index in [9.17, 15) is 4.39 Å². The molecular formula is C14H22FNO. The van der Waals surface area contributed by atoms with Crippen molar-refractivity contribution < 1.29 is 9.13 Å². The highest BCUT2D eigenvalue weighted by molar-refractivity contribution is 5.19. The van der Waals surface area contributed by atoms with Gasteiger partial charge in [-0.05, 0) is 30.0 Å². The van der Waals surface area contributed by atoms with E-state index in [4.69, 9.17) is 10.5 Å². The van der Waals surface area contributed by atoms with Gasteiger partial charge in [0, 0.05) is 6.61 Å². The minimum Gasteiger partial charge on any atom is -0.379 e. The Morgan fingerprint density at radius 2 is 2.12 bits per heavy atom. The molecule has 0 amide bonds. The van der Waals surface area contributed by atoms with E-state index in [0.29, 0.717) is 12.5 Å². The number of hydrogen-bond donors (Lipinski definition) is 1. The number of benzene rings is 1. The first-order valence-electron chi connectivity index (χ1n) is 6.22. The molecule has 3 heteroatoms. The average Bonchev–Trinajstić information content (AvgIpc) is 2.29. The smallest absolute Gasteiger partial charge is 0.123 e. The van der Waals surface area contributed by atoms with Crippen molar-refractivity contribution in [2.45, 2.75) is 32.7 Å². The molecule has 0 aliphatic heterocycles. The van der Waals surface area contributed by atoms with Crippen LogP contribution in [0.25, 0.3) is 0 Å². The molecular weight excluding hydrogens is 217 g/mol. The van der Waals surface area contributed by atoms with E-state index < -0.39 is 0 Å². The standard InChI is InChI=1S/C14H22FNO/c1-3-5-11(2)9-17-10-14(16)12-6-4-7-13(15)8-12/h4,6-8,11,14H,3,5,9-10,16H2,1-2H3. The van der Waals surface area contributed by atoms with Crippen molar-refractivity contribution in [3.8, 4) is 0 Å². The summed E-state index contributed by atoms with van der Waals surface area (Å²) in [7, 11) is 0. The second-order valence-corrected chi connectivity index (χ2v) is 4.59. The number of nitrogens with two attached hydrogens (primary N) is 1. The van der Waals surface area contributed by atoms with Crippen LogP contribution in [0.15, 0.2) is 24.3 Å². The molecule has 1 rings (SSSR count). The molecule has 2 N–H and O–H groups in total. The van der Waals surface area contributed by atoms with E-state index in [1.165, 1.54) is 18.6 Å². The van der Waals surface area contributed by atoms with Crippen molar-refractivity contribution in [2.75, 3.05) is 13.2 Å². The SMILES string of the molecule is CCCC(C)COCC(N)c1cccc(F)c1. The van der Waals surface area contributed by atoms with Gasteiger partial charge >= 0.3 is 0 Å². The lowest BCUT2D eigenvalue weighted by molar-refractivity contribution is 0.0908. The van der Waals surface area contributed by atoms with Gasteiger partial charge < -0.3 is 10.5 Å². The zero-order chi connectivity index (χ0) is 12.7. The molecule has 1 aromatic carbocycles. The highest BCUT2D eigenvalue weighted by atomic mass is 19.1. The fourth-order valence-corrected chi connectivity index (χ4v) is 1.81. The third-order valence-electron chi connectivity index (χ3n) is 2.76. The summed E-state index contributed by atoms with van der Waals surface area (Å²) in [6.07, 6.45) is 2.33. The van der Waals surface area contributed by atoms with Gasteiger partial charge in [0.25, 0.3) is 0 Å². The lowest BCUT2D eigenvalue weighted by atomic mass is 10.1. The summed E-state index contributed by atoms with van der Waals surface area (Å²) in [5.41, 5.74) is 6.72. The lowest BCUT2D eigenvalue weighted by Gasteiger charge is -2.15. The van der Waals surface area contributed by atoms with E-state index in [1.807, 2.05) is 6.07 Å². The summed E-state index contributed by atoms with van der Waals surface area (Å²) in [5, 5.41) is 0. The molecule has 1 aromatic rings. The van der Waals surface area contributed by atoms with Gasteiger partial charge in [-0.25, -0.2) is 4.39 Å². The third-order valence-corrected chi connectivity index (χ3v) is 2.76. The first kappa shape index (κ1) is 14.1. The van der Waals surface area contributed by atoms with Crippen LogP contribution in [-0.4, -0.2) is 13.2 Å². The van der Waals surface area contributed by atoms with Crippen LogP contribution in [0, 0.1) is 11.7 Å². The normalized spacial score (nSPS) is 14.6. The van der Waals surface area contributed by atoms with Crippen LogP contribution < -0.4 is 5.73 Å².